The number of carbonyl (C=O) groups excluding carboxylic acids is 4. The number of carbonyl (C=O) groups is 4. The fourth-order valence-electron chi connectivity index (χ4n) is 8.91. The van der Waals surface area contributed by atoms with Crippen molar-refractivity contribution in [3.05, 3.63) is 69.4 Å². The molecule has 1 aliphatic heterocycles. The van der Waals surface area contributed by atoms with Gasteiger partial charge in [0, 0.05) is 29.1 Å². The van der Waals surface area contributed by atoms with Crippen LogP contribution in [0.15, 0.2) is 59.0 Å². The number of ketones is 1. The number of aliphatic hydroxyl groups is 5. The standard InChI is InChI=1S/C39H49NO13S/c1-19(2)17-50-35(47)40-27(23-13-10-14-54-23)29(43)34(46)52-22-16-39(49)32(53-33(45)21-11-8-7-9-12-21)30-37(6,24(41)15-25-38(30,48)18-51-25)31(44)28(42)26(20(22)3)36(39,4)5/h7-14,19,22,24-25,27-30,32,41-43,48-49H,15-18H2,1-6H3,(H,40,47)/t22-,24-,25+,27-,28+,29+,30-,32-,37+,38-,39+/m0/s1. The van der Waals surface area contributed by atoms with Gasteiger partial charge < -0.3 is 49.8 Å². The number of thiophene rings is 1. The normalized spacial score (nSPS) is 35.3. The smallest absolute Gasteiger partial charge is 0.407 e. The zero-order valence-electron chi connectivity index (χ0n) is 31.1. The number of nitrogens with one attached hydrogen (secondary N) is 1. The summed E-state index contributed by atoms with van der Waals surface area (Å²) < 4.78 is 23.0. The highest BCUT2D eigenvalue weighted by Crippen LogP contribution is 2.63. The van der Waals surface area contributed by atoms with Crippen molar-refractivity contribution in [3.8, 4) is 0 Å². The van der Waals surface area contributed by atoms with Gasteiger partial charge in [0.05, 0.1) is 36.4 Å². The number of rotatable bonds is 9. The van der Waals surface area contributed by atoms with Gasteiger partial charge in [0.25, 0.3) is 0 Å². The van der Waals surface area contributed by atoms with E-state index in [-0.39, 0.29) is 42.3 Å². The third-order valence-corrected chi connectivity index (χ3v) is 13.1. The van der Waals surface area contributed by atoms with Crippen molar-refractivity contribution in [2.24, 2.45) is 22.7 Å². The lowest BCUT2D eigenvalue weighted by atomic mass is 9.44. The van der Waals surface area contributed by atoms with Crippen LogP contribution in [0.3, 0.4) is 0 Å². The maximum absolute atomic E-state index is 14.7. The topological polar surface area (TPSA) is 218 Å². The van der Waals surface area contributed by atoms with Crippen molar-refractivity contribution in [1.82, 2.24) is 5.32 Å². The lowest BCUT2D eigenvalue weighted by Gasteiger charge is -2.66. The van der Waals surface area contributed by atoms with E-state index in [2.05, 4.69) is 5.32 Å². The maximum Gasteiger partial charge on any atom is 0.407 e. The first-order valence-electron chi connectivity index (χ1n) is 18.1. The van der Waals surface area contributed by atoms with Gasteiger partial charge in [-0.1, -0.05) is 52.0 Å². The van der Waals surface area contributed by atoms with Gasteiger partial charge in [0.15, 0.2) is 11.9 Å². The monoisotopic (exact) mass is 771 g/mol. The van der Waals surface area contributed by atoms with Gasteiger partial charge in [-0.2, -0.15) is 0 Å². The molecule has 1 amide bonds. The van der Waals surface area contributed by atoms with Crippen molar-refractivity contribution in [2.75, 3.05) is 13.2 Å². The largest absolute Gasteiger partial charge is 0.456 e. The van der Waals surface area contributed by atoms with Crippen molar-refractivity contribution in [1.29, 1.82) is 0 Å². The number of hydrogen-bond acceptors (Lipinski definition) is 14. The molecule has 0 unspecified atom stereocenters. The summed E-state index contributed by atoms with van der Waals surface area (Å²) in [4.78, 5) is 55.6. The quantitative estimate of drug-likeness (QED) is 0.123. The number of alkyl carbamates (subject to hydrolysis) is 1. The molecule has 294 valence electrons. The molecule has 1 saturated heterocycles. The van der Waals surface area contributed by atoms with Crippen LogP contribution in [0.2, 0.25) is 0 Å². The molecule has 3 fully saturated rings. The molecular weight excluding hydrogens is 722 g/mol. The van der Waals surface area contributed by atoms with Crippen LogP contribution < -0.4 is 5.32 Å². The van der Waals surface area contributed by atoms with Crippen LogP contribution in [-0.2, 0) is 28.5 Å². The molecule has 14 nitrogen and oxygen atoms in total. The Labute approximate surface area is 317 Å². The fourth-order valence-corrected chi connectivity index (χ4v) is 9.71. The molecule has 4 aliphatic rings. The molecule has 6 N–H and O–H groups in total. The van der Waals surface area contributed by atoms with Crippen LogP contribution in [-0.4, -0.2) is 110 Å². The highest BCUT2D eigenvalue weighted by molar-refractivity contribution is 7.10. The van der Waals surface area contributed by atoms with E-state index in [0.717, 1.165) is 0 Å². The summed E-state index contributed by atoms with van der Waals surface area (Å²) in [5.74, 6) is -4.49. The number of ether oxygens (including phenoxy) is 4. The van der Waals surface area contributed by atoms with Crippen LogP contribution in [0.1, 0.15) is 75.7 Å². The van der Waals surface area contributed by atoms with E-state index in [0.29, 0.717) is 4.88 Å². The van der Waals surface area contributed by atoms with Crippen molar-refractivity contribution >= 4 is 35.2 Å². The average molecular weight is 772 g/mol. The summed E-state index contributed by atoms with van der Waals surface area (Å²) in [6, 6.07) is 9.89. The molecule has 6 rings (SSSR count). The molecule has 2 bridgehead atoms. The van der Waals surface area contributed by atoms with E-state index < -0.39 is 101 Å². The third kappa shape index (κ3) is 6.36. The first-order chi connectivity index (χ1) is 25.3. The predicted molar refractivity (Wildman–Crippen MR) is 192 cm³/mol. The number of aliphatic hydroxyl groups excluding tert-OH is 3. The lowest BCUT2D eigenvalue weighted by Crippen LogP contribution is -2.81. The van der Waals surface area contributed by atoms with Crippen LogP contribution in [0.5, 0.6) is 0 Å². The Kier molecular flexibility index (Phi) is 10.7. The molecule has 0 radical (unpaired) electrons. The van der Waals surface area contributed by atoms with Crippen LogP contribution in [0.25, 0.3) is 0 Å². The fraction of sp³-hybridized carbons (Fsp3) is 0.590. The second kappa shape index (κ2) is 14.4. The molecule has 54 heavy (non-hydrogen) atoms. The van der Waals surface area contributed by atoms with Gasteiger partial charge in [0.2, 0.25) is 0 Å². The number of benzene rings is 1. The minimum atomic E-state index is -2.30. The maximum atomic E-state index is 14.7. The number of amides is 1. The minimum absolute atomic E-state index is 0.0205. The van der Waals surface area contributed by atoms with E-state index in [1.165, 1.54) is 37.3 Å². The molecule has 15 heteroatoms. The van der Waals surface area contributed by atoms with Crippen molar-refractivity contribution in [3.63, 3.8) is 0 Å². The summed E-state index contributed by atoms with van der Waals surface area (Å²) in [7, 11) is 0. The van der Waals surface area contributed by atoms with Crippen LogP contribution in [0.4, 0.5) is 4.79 Å². The molecular formula is C39H49NO13S. The van der Waals surface area contributed by atoms with Gasteiger partial charge in [-0.05, 0) is 54.5 Å². The predicted octanol–water partition coefficient (Wildman–Crippen LogP) is 2.61. The minimum Gasteiger partial charge on any atom is -0.456 e. The van der Waals surface area contributed by atoms with Gasteiger partial charge in [-0.3, -0.25) is 4.79 Å². The highest BCUT2D eigenvalue weighted by Gasteiger charge is 2.76. The molecule has 0 spiro atoms. The van der Waals surface area contributed by atoms with E-state index in [9.17, 15) is 44.7 Å². The van der Waals surface area contributed by atoms with Gasteiger partial charge in [0.1, 0.15) is 35.6 Å². The lowest BCUT2D eigenvalue weighted by molar-refractivity contribution is -0.343. The Hall–Kier alpha value is -3.70. The number of hydrogen-bond donors (Lipinski definition) is 6. The second-order valence-electron chi connectivity index (χ2n) is 16.1. The highest BCUT2D eigenvalue weighted by atomic mass is 32.1. The Morgan fingerprint density at radius 1 is 1.04 bits per heavy atom. The molecule has 11 atom stereocenters. The van der Waals surface area contributed by atoms with Gasteiger partial charge in [-0.15, -0.1) is 11.3 Å². The average Bonchev–Trinajstić information content (AvgIpc) is 3.66. The Morgan fingerprint density at radius 3 is 2.31 bits per heavy atom. The first-order valence-corrected chi connectivity index (χ1v) is 19.0. The molecule has 1 aromatic heterocycles. The second-order valence-corrected chi connectivity index (χ2v) is 17.1. The Bertz CT molecular complexity index is 1800. The summed E-state index contributed by atoms with van der Waals surface area (Å²) in [6.07, 6.45) is -11.1. The zero-order valence-corrected chi connectivity index (χ0v) is 31.9. The summed E-state index contributed by atoms with van der Waals surface area (Å²) >= 11 is 1.17. The van der Waals surface area contributed by atoms with E-state index in [4.69, 9.17) is 18.9 Å². The SMILES string of the molecule is CC1=C2[C@@H](O)C(=O)[C@@]3(C)[C@H]([C@H](OC(=O)c4ccccc4)[C@](O)(C[C@@H]1OC(=O)[C@H](O)[C@@H](NC(=O)OCC(C)C)c1cccs1)C2(C)C)[C@]1(O)CO[C@@H]1C[C@@H]3O. The van der Waals surface area contributed by atoms with E-state index in [1.54, 1.807) is 49.6 Å². The van der Waals surface area contributed by atoms with E-state index in [1.807, 2.05) is 13.8 Å². The van der Waals surface area contributed by atoms with Crippen molar-refractivity contribution in [2.45, 2.75) is 108 Å². The molecule has 2 heterocycles. The first kappa shape index (κ1) is 40.0. The van der Waals surface area contributed by atoms with Gasteiger partial charge >= 0.3 is 18.0 Å². The number of fused-ring (bicyclic) bond motifs is 5. The van der Waals surface area contributed by atoms with Crippen molar-refractivity contribution < 1.29 is 63.7 Å². The third-order valence-electron chi connectivity index (χ3n) is 12.1. The molecule has 3 aliphatic carbocycles. The van der Waals surface area contributed by atoms with Gasteiger partial charge in [-0.25, -0.2) is 14.4 Å². The molecule has 2 saturated carbocycles. The zero-order chi connectivity index (χ0) is 39.5. The summed E-state index contributed by atoms with van der Waals surface area (Å²) in [6.45, 7) is 9.48. The molecule has 1 aromatic carbocycles. The molecule has 2 aromatic rings. The van der Waals surface area contributed by atoms with E-state index >= 15 is 0 Å². The van der Waals surface area contributed by atoms with Crippen LogP contribution >= 0.6 is 11.3 Å². The number of esters is 2. The number of Topliss-reactive ketones (excluding diaryl/α,β-unsaturated/α-hetero) is 1. The summed E-state index contributed by atoms with van der Waals surface area (Å²) in [5, 5.41) is 64.7. The summed E-state index contributed by atoms with van der Waals surface area (Å²) in [5.41, 5.74) is -7.48. The van der Waals surface area contributed by atoms with Crippen LogP contribution in [0, 0.1) is 22.7 Å². The Morgan fingerprint density at radius 2 is 1.72 bits per heavy atom. The Balaban J connectivity index is 1.43.